The Hall–Kier alpha value is 0.264. The number of rotatable bonds is 27. The van der Waals surface area contributed by atoms with Gasteiger partial charge >= 0.3 is 5.97 Å². The summed E-state index contributed by atoms with van der Waals surface area (Å²) >= 11 is 0. The molecule has 0 saturated heterocycles. The Labute approximate surface area is 227 Å². The van der Waals surface area contributed by atoms with E-state index in [4.69, 9.17) is 14.2 Å². The predicted molar refractivity (Wildman–Crippen MR) is 141 cm³/mol. The fourth-order valence-electron chi connectivity index (χ4n) is 4.06. The van der Waals surface area contributed by atoms with Gasteiger partial charge in [-0.3, -0.25) is 4.79 Å². The number of hydrogen-bond donors (Lipinski definition) is 0. The van der Waals surface area contributed by atoms with Gasteiger partial charge in [0.25, 0.3) is 0 Å². The zero-order valence-corrected chi connectivity index (χ0v) is 25.0. The molecule has 0 atom stereocenters. The van der Waals surface area contributed by atoms with E-state index < -0.39 is 5.97 Å². The molecule has 0 amide bonds. The molecule has 4 nitrogen and oxygen atoms in total. The standard InChI is InChI=1S/C29H58O4.Ti/c1-5-9-10-11-12-13-14-15-16-17-18-19-20-21-22-23-24-28(30)29(31-25-6-2,32-26-7-3)33-27-8-4;/h5-27H2,1-4H3;. The third kappa shape index (κ3) is 20.5. The molecule has 0 unspecified atom stereocenters. The zero-order chi connectivity index (χ0) is 24.5. The van der Waals surface area contributed by atoms with Gasteiger partial charge in [-0.25, -0.2) is 0 Å². The minimum atomic E-state index is -1.49. The first-order valence-electron chi connectivity index (χ1n) is 14.6. The number of Topliss-reactive ketones (excluding diaryl/α,β-unsaturated/α-hetero) is 1. The van der Waals surface area contributed by atoms with Crippen LogP contribution in [0, 0.1) is 0 Å². The van der Waals surface area contributed by atoms with E-state index in [1.165, 1.54) is 89.9 Å². The molecule has 0 aliphatic heterocycles. The second kappa shape index (κ2) is 27.8. The molecule has 0 bridgehead atoms. The summed E-state index contributed by atoms with van der Waals surface area (Å²) in [5, 5.41) is 0. The van der Waals surface area contributed by atoms with Crippen LogP contribution in [0.25, 0.3) is 0 Å². The van der Waals surface area contributed by atoms with Crippen LogP contribution in [0.5, 0.6) is 0 Å². The predicted octanol–water partition coefficient (Wildman–Crippen LogP) is 9.14. The SMILES string of the molecule is CCCCCCCCCCCCCCCCCCC(=O)C(OCCC)(OCCC)OCCC.[Ti]. The monoisotopic (exact) mass is 518 g/mol. The van der Waals surface area contributed by atoms with Crippen LogP contribution in [0.4, 0.5) is 0 Å². The normalized spacial score (nSPS) is 11.5. The van der Waals surface area contributed by atoms with Crippen LogP contribution >= 0.6 is 0 Å². The van der Waals surface area contributed by atoms with E-state index >= 15 is 0 Å². The summed E-state index contributed by atoms with van der Waals surface area (Å²) in [5.74, 6) is -1.54. The Morgan fingerprint density at radius 1 is 0.471 bits per heavy atom. The van der Waals surface area contributed by atoms with E-state index in [0.29, 0.717) is 26.2 Å². The number of hydrogen-bond acceptors (Lipinski definition) is 4. The molecular formula is C29H58O4Ti. The number of unbranched alkanes of at least 4 members (excludes halogenated alkanes) is 15. The minimum Gasteiger partial charge on any atom is -0.321 e. The fraction of sp³-hybridized carbons (Fsp3) is 0.966. The molecule has 0 radical (unpaired) electrons. The van der Waals surface area contributed by atoms with E-state index in [0.717, 1.165) is 32.1 Å². The van der Waals surface area contributed by atoms with Crippen LogP contribution in [0.15, 0.2) is 0 Å². The first-order valence-corrected chi connectivity index (χ1v) is 14.6. The summed E-state index contributed by atoms with van der Waals surface area (Å²) in [5.41, 5.74) is 0. The Morgan fingerprint density at radius 3 is 1.06 bits per heavy atom. The van der Waals surface area contributed by atoms with E-state index in [1.807, 2.05) is 20.8 Å². The molecule has 5 heteroatoms. The van der Waals surface area contributed by atoms with Crippen LogP contribution in [-0.2, 0) is 40.7 Å². The van der Waals surface area contributed by atoms with Crippen LogP contribution in [0.1, 0.15) is 156 Å². The summed E-state index contributed by atoms with van der Waals surface area (Å²) in [4.78, 5) is 13.0. The van der Waals surface area contributed by atoms with Gasteiger partial charge in [-0.05, 0) is 25.7 Å². The summed E-state index contributed by atoms with van der Waals surface area (Å²) in [7, 11) is 0. The van der Waals surface area contributed by atoms with Gasteiger partial charge in [0.1, 0.15) is 0 Å². The second-order valence-electron chi connectivity index (χ2n) is 9.58. The molecule has 202 valence electrons. The zero-order valence-electron chi connectivity index (χ0n) is 23.4. The van der Waals surface area contributed by atoms with Crippen molar-refractivity contribution in [1.29, 1.82) is 0 Å². The summed E-state index contributed by atoms with van der Waals surface area (Å²) in [6.07, 6.45) is 24.2. The first-order chi connectivity index (χ1) is 16.2. The number of carbonyl (C=O) groups is 1. The summed E-state index contributed by atoms with van der Waals surface area (Å²) < 4.78 is 17.5. The van der Waals surface area contributed by atoms with Crippen molar-refractivity contribution in [3.05, 3.63) is 0 Å². The van der Waals surface area contributed by atoms with Crippen molar-refractivity contribution in [1.82, 2.24) is 0 Å². The maximum atomic E-state index is 13.0. The van der Waals surface area contributed by atoms with Crippen molar-refractivity contribution in [2.45, 2.75) is 162 Å². The Kier molecular flexibility index (Phi) is 29.8. The second-order valence-corrected chi connectivity index (χ2v) is 9.58. The Bertz CT molecular complexity index is 395. The van der Waals surface area contributed by atoms with Crippen molar-refractivity contribution >= 4 is 5.78 Å². The van der Waals surface area contributed by atoms with Crippen LogP contribution in [-0.4, -0.2) is 31.6 Å². The maximum absolute atomic E-state index is 13.0. The van der Waals surface area contributed by atoms with E-state index in [2.05, 4.69) is 6.92 Å². The quantitative estimate of drug-likeness (QED) is 0.0618. The van der Waals surface area contributed by atoms with Crippen LogP contribution in [0.3, 0.4) is 0 Å². The molecule has 0 fully saturated rings. The Morgan fingerprint density at radius 2 is 0.765 bits per heavy atom. The smallest absolute Gasteiger partial charge is 0.321 e. The van der Waals surface area contributed by atoms with Crippen molar-refractivity contribution in [3.8, 4) is 0 Å². The molecule has 34 heavy (non-hydrogen) atoms. The number of ketones is 1. The van der Waals surface area contributed by atoms with Gasteiger partial charge in [-0.15, -0.1) is 0 Å². The van der Waals surface area contributed by atoms with Crippen molar-refractivity contribution in [2.24, 2.45) is 0 Å². The Balaban J connectivity index is 0. The third-order valence-electron chi connectivity index (χ3n) is 6.09. The molecule has 0 N–H and O–H groups in total. The van der Waals surface area contributed by atoms with Crippen LogP contribution < -0.4 is 0 Å². The molecule has 0 spiro atoms. The van der Waals surface area contributed by atoms with Gasteiger partial charge in [0, 0.05) is 28.1 Å². The van der Waals surface area contributed by atoms with Crippen LogP contribution in [0.2, 0.25) is 0 Å². The third-order valence-corrected chi connectivity index (χ3v) is 6.09. The van der Waals surface area contributed by atoms with Gasteiger partial charge in [-0.1, -0.05) is 124 Å². The molecule has 0 aliphatic rings. The van der Waals surface area contributed by atoms with Crippen molar-refractivity contribution in [3.63, 3.8) is 0 Å². The largest absolute Gasteiger partial charge is 0.346 e. The fourth-order valence-corrected chi connectivity index (χ4v) is 4.06. The number of carbonyl (C=O) groups excluding carboxylic acids is 1. The number of ether oxygens (including phenoxy) is 3. The summed E-state index contributed by atoms with van der Waals surface area (Å²) in [6.45, 7) is 9.79. The molecule has 0 aromatic heterocycles. The average Bonchev–Trinajstić information content (AvgIpc) is 2.83. The molecular weight excluding hydrogens is 460 g/mol. The average molecular weight is 519 g/mol. The molecule has 0 aliphatic carbocycles. The van der Waals surface area contributed by atoms with E-state index in [1.54, 1.807) is 0 Å². The van der Waals surface area contributed by atoms with Gasteiger partial charge in [0.15, 0.2) is 0 Å². The topological polar surface area (TPSA) is 44.8 Å². The first kappa shape index (κ1) is 36.4. The van der Waals surface area contributed by atoms with Gasteiger partial charge < -0.3 is 14.2 Å². The molecule has 0 heterocycles. The van der Waals surface area contributed by atoms with Gasteiger partial charge in [0.05, 0.1) is 19.8 Å². The van der Waals surface area contributed by atoms with E-state index in [9.17, 15) is 4.79 Å². The van der Waals surface area contributed by atoms with Crippen molar-refractivity contribution in [2.75, 3.05) is 19.8 Å². The van der Waals surface area contributed by atoms with Gasteiger partial charge in [0.2, 0.25) is 5.78 Å². The molecule has 0 aromatic carbocycles. The van der Waals surface area contributed by atoms with Crippen molar-refractivity contribution < 1.29 is 40.7 Å². The maximum Gasteiger partial charge on any atom is 0.346 e. The molecule has 0 aromatic rings. The van der Waals surface area contributed by atoms with Gasteiger partial charge in [-0.2, -0.15) is 0 Å². The molecule has 0 rings (SSSR count). The summed E-state index contributed by atoms with van der Waals surface area (Å²) in [6, 6.07) is 0. The van der Waals surface area contributed by atoms with E-state index in [-0.39, 0.29) is 27.5 Å². The minimum absolute atomic E-state index is 0. The molecule has 0 saturated carbocycles.